The van der Waals surface area contributed by atoms with Crippen molar-refractivity contribution < 1.29 is 27.9 Å². The van der Waals surface area contributed by atoms with E-state index in [0.717, 1.165) is 6.54 Å². The molecule has 3 aromatic carbocycles. The highest BCUT2D eigenvalue weighted by atomic mass is 35.5. The summed E-state index contributed by atoms with van der Waals surface area (Å²) in [4.78, 5) is 26.9. The van der Waals surface area contributed by atoms with Gasteiger partial charge in [-0.05, 0) is 55.9 Å². The van der Waals surface area contributed by atoms with Crippen molar-refractivity contribution in [3.05, 3.63) is 94.6 Å². The predicted octanol–water partition coefficient (Wildman–Crippen LogP) is 4.90. The first kappa shape index (κ1) is 30.2. The molecule has 1 aromatic heterocycles. The molecule has 4 aromatic rings. The number of ether oxygens (including phenoxy) is 1. The minimum absolute atomic E-state index is 0.0451. The van der Waals surface area contributed by atoms with Gasteiger partial charge in [-0.25, -0.2) is 13.2 Å². The Morgan fingerprint density at radius 3 is 2.33 bits per heavy atom. The fourth-order valence-electron chi connectivity index (χ4n) is 4.79. The van der Waals surface area contributed by atoms with Gasteiger partial charge in [-0.1, -0.05) is 48.9 Å². The molecule has 224 valence electrons. The number of aromatic nitrogens is 2. The van der Waals surface area contributed by atoms with Gasteiger partial charge in [0.05, 0.1) is 16.3 Å². The molecule has 0 atom stereocenters. The number of para-hydroxylation sites is 1. The van der Waals surface area contributed by atoms with Crippen molar-refractivity contribution in [2.75, 3.05) is 38.0 Å². The molecule has 1 fully saturated rings. The predicted molar refractivity (Wildman–Crippen MR) is 162 cm³/mol. The van der Waals surface area contributed by atoms with Gasteiger partial charge in [0.1, 0.15) is 10.6 Å². The molecule has 0 saturated carbocycles. The maximum absolute atomic E-state index is 14.1. The molecule has 43 heavy (non-hydrogen) atoms. The van der Waals surface area contributed by atoms with Crippen LogP contribution in [0.2, 0.25) is 5.02 Å². The first-order valence-electron chi connectivity index (χ1n) is 13.6. The van der Waals surface area contributed by atoms with Gasteiger partial charge < -0.3 is 20.1 Å². The average molecular weight is 624 g/mol. The number of amides is 1. The van der Waals surface area contributed by atoms with E-state index < -0.39 is 21.9 Å². The van der Waals surface area contributed by atoms with E-state index in [9.17, 15) is 23.1 Å². The molecule has 13 heteroatoms. The minimum atomic E-state index is -4.12. The van der Waals surface area contributed by atoms with Crippen molar-refractivity contribution >= 4 is 39.2 Å². The van der Waals surface area contributed by atoms with Gasteiger partial charge in [-0.15, -0.1) is 0 Å². The number of rotatable bonds is 9. The third-order valence-electron chi connectivity index (χ3n) is 7.19. The lowest BCUT2D eigenvalue weighted by Gasteiger charge is -2.33. The van der Waals surface area contributed by atoms with Crippen LogP contribution in [0.15, 0.2) is 77.7 Å². The van der Waals surface area contributed by atoms with E-state index in [4.69, 9.17) is 16.3 Å². The second-order valence-electron chi connectivity index (χ2n) is 9.87. The third kappa shape index (κ3) is 6.27. The number of hydrogen-bond donors (Lipinski definition) is 2. The molecule has 0 spiro atoms. The normalized spacial score (nSPS) is 14.4. The highest BCUT2D eigenvalue weighted by molar-refractivity contribution is 7.89. The van der Waals surface area contributed by atoms with E-state index in [-0.39, 0.29) is 57.1 Å². The van der Waals surface area contributed by atoms with Crippen LogP contribution in [0.4, 0.5) is 5.69 Å². The molecule has 1 saturated heterocycles. The molecule has 1 amide bonds. The number of likely N-dealkylation sites (N-methyl/N-ethyl adjacent to an activating group) is 1. The van der Waals surface area contributed by atoms with Crippen LogP contribution in [0, 0.1) is 6.92 Å². The summed E-state index contributed by atoms with van der Waals surface area (Å²) in [5.41, 5.74) is 0.947. The zero-order valence-electron chi connectivity index (χ0n) is 23.5. The number of sulfonamides is 1. The monoisotopic (exact) mass is 623 g/mol. The van der Waals surface area contributed by atoms with Gasteiger partial charge in [-0.3, -0.25) is 4.79 Å². The Labute approximate surface area is 254 Å². The number of halogens is 1. The Bertz CT molecular complexity index is 1770. The number of anilines is 1. The van der Waals surface area contributed by atoms with E-state index in [1.165, 1.54) is 27.2 Å². The number of nitrogens with zero attached hydrogens (tertiary/aromatic N) is 4. The lowest BCUT2D eigenvalue weighted by Crippen LogP contribution is -2.48. The van der Waals surface area contributed by atoms with Crippen LogP contribution in [0.5, 0.6) is 11.6 Å². The van der Waals surface area contributed by atoms with Crippen LogP contribution in [0.3, 0.4) is 0 Å². The van der Waals surface area contributed by atoms with Crippen LogP contribution in [0.25, 0.3) is 5.69 Å². The number of carbonyl (C=O) groups is 2. The van der Waals surface area contributed by atoms with Crippen LogP contribution in [-0.2, 0) is 10.0 Å². The van der Waals surface area contributed by atoms with Crippen LogP contribution >= 0.6 is 11.6 Å². The van der Waals surface area contributed by atoms with Gasteiger partial charge in [0, 0.05) is 37.4 Å². The lowest BCUT2D eigenvalue weighted by atomic mass is 10.2. The third-order valence-corrected chi connectivity index (χ3v) is 9.44. The topological polar surface area (TPSA) is 134 Å². The number of nitrogens with one attached hydrogen (secondary N) is 1. The smallest absolute Gasteiger partial charge is 0.356 e. The number of carboxylic acid groups (broad SMARTS) is 1. The van der Waals surface area contributed by atoms with Crippen molar-refractivity contribution in [2.45, 2.75) is 18.7 Å². The van der Waals surface area contributed by atoms with Crippen LogP contribution < -0.4 is 10.1 Å². The Kier molecular flexibility index (Phi) is 8.83. The van der Waals surface area contributed by atoms with Gasteiger partial charge in [0.15, 0.2) is 5.69 Å². The molecule has 0 unspecified atom stereocenters. The maximum Gasteiger partial charge on any atom is 0.356 e. The van der Waals surface area contributed by atoms with Gasteiger partial charge in [0.25, 0.3) is 5.91 Å². The maximum atomic E-state index is 14.1. The SMILES string of the molecule is CCN1CCN(S(=O)(=O)c2cc(NC(=O)c3ccccc3Cl)ccc2Oc2c(C)c(C(=O)O)nn2-c2ccccc2)CC1. The second kappa shape index (κ2) is 12.6. The van der Waals surface area contributed by atoms with Crippen LogP contribution in [0.1, 0.15) is 33.3 Å². The van der Waals surface area contributed by atoms with Crippen molar-refractivity contribution in [1.29, 1.82) is 0 Å². The zero-order chi connectivity index (χ0) is 30.7. The molecular weight excluding hydrogens is 594 g/mol. The summed E-state index contributed by atoms with van der Waals surface area (Å²) >= 11 is 6.20. The zero-order valence-corrected chi connectivity index (χ0v) is 25.1. The number of hydrogen-bond acceptors (Lipinski definition) is 7. The summed E-state index contributed by atoms with van der Waals surface area (Å²) in [5, 5.41) is 17.0. The van der Waals surface area contributed by atoms with E-state index in [1.807, 2.05) is 6.92 Å². The summed E-state index contributed by atoms with van der Waals surface area (Å²) in [5.74, 6) is -1.77. The molecule has 2 N–H and O–H groups in total. The lowest BCUT2D eigenvalue weighted by molar-refractivity contribution is 0.0689. The molecule has 1 aliphatic heterocycles. The molecule has 0 aliphatic carbocycles. The molecular formula is C30H30ClN5O6S. The van der Waals surface area contributed by atoms with Crippen LogP contribution in [-0.4, -0.2) is 77.1 Å². The number of carbonyl (C=O) groups excluding carboxylic acids is 1. The molecule has 2 heterocycles. The minimum Gasteiger partial charge on any atom is -0.476 e. The second-order valence-corrected chi connectivity index (χ2v) is 12.2. The van der Waals surface area contributed by atoms with Crippen molar-refractivity contribution in [3.8, 4) is 17.3 Å². The summed E-state index contributed by atoms with van der Waals surface area (Å²) in [6.07, 6.45) is 0. The van der Waals surface area contributed by atoms with Gasteiger partial charge >= 0.3 is 5.97 Å². The molecule has 0 radical (unpaired) electrons. The quantitative estimate of drug-likeness (QED) is 0.269. The van der Waals surface area contributed by atoms with E-state index in [2.05, 4.69) is 15.3 Å². The fraction of sp³-hybridized carbons (Fsp3) is 0.233. The molecule has 1 aliphatic rings. The van der Waals surface area contributed by atoms with E-state index >= 15 is 0 Å². The fourth-order valence-corrected chi connectivity index (χ4v) is 6.58. The largest absolute Gasteiger partial charge is 0.476 e. The summed E-state index contributed by atoms with van der Waals surface area (Å²) in [6.45, 7) is 6.05. The van der Waals surface area contributed by atoms with Gasteiger partial charge in [0.2, 0.25) is 15.9 Å². The number of piperazine rings is 1. The first-order chi connectivity index (χ1) is 20.6. The summed E-state index contributed by atoms with van der Waals surface area (Å²) in [7, 11) is -4.12. The Hall–Kier alpha value is -4.23. The van der Waals surface area contributed by atoms with Gasteiger partial charge in [-0.2, -0.15) is 14.1 Å². The average Bonchev–Trinajstić information content (AvgIpc) is 3.34. The van der Waals surface area contributed by atoms with Crippen molar-refractivity contribution in [3.63, 3.8) is 0 Å². The van der Waals surface area contributed by atoms with E-state index in [0.29, 0.717) is 18.8 Å². The molecule has 0 bridgehead atoms. The van der Waals surface area contributed by atoms with Crippen molar-refractivity contribution in [1.82, 2.24) is 19.0 Å². The number of aromatic carboxylic acids is 1. The first-order valence-corrected chi connectivity index (χ1v) is 15.4. The van der Waals surface area contributed by atoms with E-state index in [1.54, 1.807) is 61.5 Å². The number of carboxylic acids is 1. The summed E-state index contributed by atoms with van der Waals surface area (Å²) in [6, 6.07) is 19.6. The highest BCUT2D eigenvalue weighted by Gasteiger charge is 2.32. The standard InChI is InChI=1S/C30H30ClN5O6S/c1-3-34-15-17-35(18-16-34)43(40,41)26-19-21(32-28(37)23-11-7-8-12-24(23)31)13-14-25(26)42-29-20(2)27(30(38)39)33-36(29)22-9-5-4-6-10-22/h4-14,19H,3,15-18H2,1-2H3,(H,32,37)(H,38,39). The summed E-state index contributed by atoms with van der Waals surface area (Å²) < 4.78 is 37.1. The Balaban J connectivity index is 1.59. The molecule has 5 rings (SSSR count). The highest BCUT2D eigenvalue weighted by Crippen LogP contribution is 2.37. The number of benzene rings is 3. The van der Waals surface area contributed by atoms with Crippen molar-refractivity contribution in [2.24, 2.45) is 0 Å². The Morgan fingerprint density at radius 2 is 1.67 bits per heavy atom. The Morgan fingerprint density at radius 1 is 1.00 bits per heavy atom. The molecule has 11 nitrogen and oxygen atoms in total.